The summed E-state index contributed by atoms with van der Waals surface area (Å²) < 4.78 is 5.43. The first-order chi connectivity index (χ1) is 19.5. The molecule has 2 aliphatic heterocycles. The Balaban J connectivity index is 1.31. The minimum absolute atomic E-state index is 0.130. The minimum Gasteiger partial charge on any atom is -0.379 e. The van der Waals surface area contributed by atoms with Crippen molar-refractivity contribution in [2.75, 3.05) is 61.5 Å². The van der Waals surface area contributed by atoms with Gasteiger partial charge in [0.15, 0.2) is 0 Å². The molecular formula is C32H39N5O3. The predicted molar refractivity (Wildman–Crippen MR) is 160 cm³/mol. The molecule has 1 saturated heterocycles. The fourth-order valence-electron chi connectivity index (χ4n) is 5.48. The van der Waals surface area contributed by atoms with E-state index in [1.54, 1.807) is 6.07 Å². The van der Waals surface area contributed by atoms with Crippen LogP contribution < -0.4 is 20.9 Å². The van der Waals surface area contributed by atoms with Gasteiger partial charge in [0.2, 0.25) is 0 Å². The average Bonchev–Trinajstić information content (AvgIpc) is 2.97. The van der Waals surface area contributed by atoms with Gasteiger partial charge in [-0.05, 0) is 73.7 Å². The van der Waals surface area contributed by atoms with Crippen LogP contribution in [0.1, 0.15) is 39.0 Å². The molecule has 0 saturated carbocycles. The molecule has 2 aliphatic rings. The number of hydrogen-bond donors (Lipinski definition) is 3. The van der Waals surface area contributed by atoms with Gasteiger partial charge in [0.25, 0.3) is 5.91 Å². The zero-order chi connectivity index (χ0) is 27.9. The maximum absolute atomic E-state index is 13.5. The molecule has 0 bridgehead atoms. The standard InChI is InChI=1S/C32H39N5O3/c1-23-7-5-8-24(2)30(23)35-32(39)34-27-11-12-29(37-16-13-25-9-3-4-10-26(25)22-37)28(21-27)31(38)33-14-6-15-36-17-19-40-20-18-36/h3-5,7-12,21H,6,13-20,22H2,1-2H3,(H,33,38)(H2,34,35,39). The summed E-state index contributed by atoms with van der Waals surface area (Å²) in [5, 5.41) is 9.01. The highest BCUT2D eigenvalue weighted by Gasteiger charge is 2.22. The number of carbonyl (C=O) groups excluding carboxylic acids is 2. The predicted octanol–water partition coefficient (Wildman–Crippen LogP) is 4.96. The van der Waals surface area contributed by atoms with Gasteiger partial charge in [0.1, 0.15) is 0 Å². The number of para-hydroxylation sites is 1. The number of hydrogen-bond acceptors (Lipinski definition) is 5. The molecule has 8 heteroatoms. The summed E-state index contributed by atoms with van der Waals surface area (Å²) in [4.78, 5) is 31.1. The summed E-state index contributed by atoms with van der Waals surface area (Å²) >= 11 is 0. The van der Waals surface area contributed by atoms with Gasteiger partial charge in [-0.2, -0.15) is 0 Å². The third-order valence-corrected chi connectivity index (χ3v) is 7.73. The second kappa shape index (κ2) is 13.0. The van der Waals surface area contributed by atoms with E-state index >= 15 is 0 Å². The van der Waals surface area contributed by atoms with Crippen molar-refractivity contribution in [1.82, 2.24) is 10.2 Å². The lowest BCUT2D eigenvalue weighted by Gasteiger charge is -2.32. The van der Waals surface area contributed by atoms with Crippen LogP contribution in [0.2, 0.25) is 0 Å². The number of aryl methyl sites for hydroxylation is 2. The van der Waals surface area contributed by atoms with Gasteiger partial charge in [0, 0.05) is 49.8 Å². The first-order valence-corrected chi connectivity index (χ1v) is 14.2. The molecule has 0 atom stereocenters. The Kier molecular flexibility index (Phi) is 8.98. The SMILES string of the molecule is Cc1cccc(C)c1NC(=O)Nc1ccc(N2CCc3ccccc3C2)c(C(=O)NCCCN2CCOCC2)c1. The average molecular weight is 542 g/mol. The summed E-state index contributed by atoms with van der Waals surface area (Å²) in [6.45, 7) is 10.4. The molecule has 40 heavy (non-hydrogen) atoms. The van der Waals surface area contributed by atoms with Gasteiger partial charge < -0.3 is 25.6 Å². The van der Waals surface area contributed by atoms with Crippen molar-refractivity contribution in [2.24, 2.45) is 0 Å². The second-order valence-electron chi connectivity index (χ2n) is 10.6. The third kappa shape index (κ3) is 6.81. The summed E-state index contributed by atoms with van der Waals surface area (Å²) in [7, 11) is 0. The molecule has 2 heterocycles. The third-order valence-electron chi connectivity index (χ3n) is 7.73. The van der Waals surface area contributed by atoms with E-state index in [4.69, 9.17) is 4.74 Å². The summed E-state index contributed by atoms with van der Waals surface area (Å²) in [6, 6.07) is 19.6. The number of nitrogens with zero attached hydrogens (tertiary/aromatic N) is 2. The normalized spacial score (nSPS) is 15.3. The molecule has 8 nitrogen and oxygen atoms in total. The van der Waals surface area contributed by atoms with Crippen LogP contribution in [0.3, 0.4) is 0 Å². The number of anilines is 3. The minimum atomic E-state index is -0.339. The molecule has 0 spiro atoms. The van der Waals surface area contributed by atoms with Crippen LogP contribution in [0, 0.1) is 13.8 Å². The highest BCUT2D eigenvalue weighted by Crippen LogP contribution is 2.30. The van der Waals surface area contributed by atoms with Gasteiger partial charge in [0.05, 0.1) is 18.8 Å². The summed E-state index contributed by atoms with van der Waals surface area (Å²) in [5.41, 5.74) is 7.43. The van der Waals surface area contributed by atoms with Crippen molar-refractivity contribution >= 4 is 29.0 Å². The number of amides is 3. The summed E-state index contributed by atoms with van der Waals surface area (Å²) in [6.07, 6.45) is 1.79. The number of urea groups is 1. The van der Waals surface area contributed by atoms with Crippen molar-refractivity contribution in [2.45, 2.75) is 33.2 Å². The second-order valence-corrected chi connectivity index (χ2v) is 10.6. The van der Waals surface area contributed by atoms with Gasteiger partial charge >= 0.3 is 6.03 Å². The first-order valence-electron chi connectivity index (χ1n) is 14.2. The fourth-order valence-corrected chi connectivity index (χ4v) is 5.48. The van der Waals surface area contributed by atoms with Crippen molar-refractivity contribution in [1.29, 1.82) is 0 Å². The lowest BCUT2D eigenvalue weighted by atomic mass is 9.98. The molecule has 0 radical (unpaired) electrons. The highest BCUT2D eigenvalue weighted by molar-refractivity contribution is 6.04. The van der Waals surface area contributed by atoms with Gasteiger partial charge in [-0.25, -0.2) is 4.79 Å². The van der Waals surface area contributed by atoms with Crippen LogP contribution in [0.5, 0.6) is 0 Å². The van der Waals surface area contributed by atoms with E-state index in [0.717, 1.165) is 81.3 Å². The van der Waals surface area contributed by atoms with Crippen LogP contribution in [0.25, 0.3) is 0 Å². The maximum atomic E-state index is 13.5. The number of rotatable bonds is 8. The van der Waals surface area contributed by atoms with Crippen molar-refractivity contribution < 1.29 is 14.3 Å². The number of carbonyl (C=O) groups is 2. The molecule has 5 rings (SSSR count). The van der Waals surface area contributed by atoms with Crippen LogP contribution in [-0.2, 0) is 17.7 Å². The Morgan fingerprint density at radius 3 is 2.40 bits per heavy atom. The van der Waals surface area contributed by atoms with E-state index in [1.165, 1.54) is 11.1 Å². The Morgan fingerprint density at radius 2 is 1.62 bits per heavy atom. The van der Waals surface area contributed by atoms with Crippen LogP contribution in [0.4, 0.5) is 21.9 Å². The molecule has 3 aromatic carbocycles. The monoisotopic (exact) mass is 541 g/mol. The zero-order valence-electron chi connectivity index (χ0n) is 23.5. The number of morpholine rings is 1. The van der Waals surface area contributed by atoms with Gasteiger partial charge in [-0.1, -0.05) is 42.5 Å². The topological polar surface area (TPSA) is 85.9 Å². The fraction of sp³-hybridized carbons (Fsp3) is 0.375. The van der Waals surface area contributed by atoms with E-state index in [0.29, 0.717) is 17.8 Å². The van der Waals surface area contributed by atoms with Crippen molar-refractivity contribution in [3.05, 3.63) is 88.5 Å². The number of nitrogens with one attached hydrogen (secondary N) is 3. The van der Waals surface area contributed by atoms with Crippen molar-refractivity contribution in [3.63, 3.8) is 0 Å². The number of benzene rings is 3. The van der Waals surface area contributed by atoms with E-state index in [-0.39, 0.29) is 11.9 Å². The highest BCUT2D eigenvalue weighted by atomic mass is 16.5. The first kappa shape index (κ1) is 27.7. The molecule has 0 aliphatic carbocycles. The Morgan fingerprint density at radius 1 is 0.875 bits per heavy atom. The smallest absolute Gasteiger partial charge is 0.323 e. The Hall–Kier alpha value is -3.88. The van der Waals surface area contributed by atoms with Crippen LogP contribution >= 0.6 is 0 Å². The van der Waals surface area contributed by atoms with Gasteiger partial charge in [-0.3, -0.25) is 9.69 Å². The largest absolute Gasteiger partial charge is 0.379 e. The zero-order valence-corrected chi connectivity index (χ0v) is 23.5. The van der Waals surface area contributed by atoms with Crippen LogP contribution in [-0.4, -0.2) is 62.8 Å². The van der Waals surface area contributed by atoms with E-state index in [9.17, 15) is 9.59 Å². The van der Waals surface area contributed by atoms with E-state index in [2.05, 4.69) is 50.0 Å². The molecular weight excluding hydrogens is 502 g/mol. The number of ether oxygens (including phenoxy) is 1. The molecule has 3 amide bonds. The molecule has 210 valence electrons. The van der Waals surface area contributed by atoms with Gasteiger partial charge in [-0.15, -0.1) is 0 Å². The molecule has 3 aromatic rings. The number of fused-ring (bicyclic) bond motifs is 1. The van der Waals surface area contributed by atoms with E-state index < -0.39 is 0 Å². The lowest BCUT2D eigenvalue weighted by molar-refractivity contribution is 0.0374. The summed E-state index contributed by atoms with van der Waals surface area (Å²) in [5.74, 6) is -0.130. The quantitative estimate of drug-likeness (QED) is 0.351. The Bertz CT molecular complexity index is 1330. The molecule has 1 fully saturated rings. The maximum Gasteiger partial charge on any atom is 0.323 e. The van der Waals surface area contributed by atoms with Crippen LogP contribution in [0.15, 0.2) is 60.7 Å². The molecule has 3 N–H and O–H groups in total. The molecule has 0 unspecified atom stereocenters. The molecule has 0 aromatic heterocycles. The van der Waals surface area contributed by atoms with Crippen molar-refractivity contribution in [3.8, 4) is 0 Å². The Labute approximate surface area is 236 Å². The van der Waals surface area contributed by atoms with E-state index in [1.807, 2.05) is 44.2 Å². The lowest BCUT2D eigenvalue weighted by Crippen LogP contribution is -2.38.